The molecule has 20 heavy (non-hydrogen) atoms. The highest BCUT2D eigenvalue weighted by Gasteiger charge is 2.51. The third kappa shape index (κ3) is 1.85. The van der Waals surface area contributed by atoms with Crippen molar-refractivity contribution in [3.8, 4) is 5.75 Å². The number of aromatic nitrogens is 1. The quantitative estimate of drug-likeness (QED) is 0.582. The molecule has 1 aromatic heterocycles. The minimum atomic E-state index is -1.03. The molecule has 3 N–H and O–H groups in total. The van der Waals surface area contributed by atoms with E-state index in [2.05, 4.69) is 15.6 Å². The molecule has 1 unspecified atom stereocenters. The van der Waals surface area contributed by atoms with Crippen LogP contribution in [0.15, 0.2) is 18.5 Å². The van der Waals surface area contributed by atoms with Crippen LogP contribution in [0.1, 0.15) is 16.8 Å². The van der Waals surface area contributed by atoms with Crippen molar-refractivity contribution in [1.82, 2.24) is 20.5 Å². The van der Waals surface area contributed by atoms with Crippen molar-refractivity contribution in [3.63, 3.8) is 0 Å². The number of imide groups is 1. The normalized spacial score (nSPS) is 24.9. The minimum Gasteiger partial charge on any atom is -0.506 e. The van der Waals surface area contributed by atoms with E-state index in [0.29, 0.717) is 13.0 Å². The standard InChI is InChI=1S/C12H12N4O4/c17-8-3-7(4-13-5-8)9(18)16-2-1-12(6-16)10(19)14-11(20)15-12/h3-5,17H,1-2,6H2,(H2,14,15,19,20). The van der Waals surface area contributed by atoms with Gasteiger partial charge in [0.25, 0.3) is 11.8 Å². The predicted molar refractivity (Wildman–Crippen MR) is 65.8 cm³/mol. The van der Waals surface area contributed by atoms with E-state index in [-0.39, 0.29) is 23.8 Å². The molecule has 0 bridgehead atoms. The maximum Gasteiger partial charge on any atom is 0.322 e. The van der Waals surface area contributed by atoms with Crippen LogP contribution >= 0.6 is 0 Å². The first-order valence-electron chi connectivity index (χ1n) is 6.07. The zero-order valence-electron chi connectivity index (χ0n) is 10.4. The van der Waals surface area contributed by atoms with Crippen LogP contribution in [0.2, 0.25) is 0 Å². The zero-order chi connectivity index (χ0) is 14.3. The summed E-state index contributed by atoms with van der Waals surface area (Å²) in [5, 5.41) is 14.1. The Kier molecular flexibility index (Phi) is 2.60. The molecule has 4 amide bonds. The summed E-state index contributed by atoms with van der Waals surface area (Å²) in [4.78, 5) is 40.5. The minimum absolute atomic E-state index is 0.100. The van der Waals surface area contributed by atoms with Crippen molar-refractivity contribution in [2.24, 2.45) is 0 Å². The fourth-order valence-corrected chi connectivity index (χ4v) is 2.53. The maximum absolute atomic E-state index is 12.3. The number of likely N-dealkylation sites (tertiary alicyclic amines) is 1. The molecule has 2 aliphatic heterocycles. The van der Waals surface area contributed by atoms with Crippen molar-refractivity contribution in [2.45, 2.75) is 12.0 Å². The second-order valence-corrected chi connectivity index (χ2v) is 4.90. The number of urea groups is 1. The number of pyridine rings is 1. The van der Waals surface area contributed by atoms with Gasteiger partial charge in [-0.25, -0.2) is 4.79 Å². The van der Waals surface area contributed by atoms with Crippen molar-refractivity contribution >= 4 is 17.8 Å². The largest absolute Gasteiger partial charge is 0.506 e. The molecule has 1 atom stereocenters. The molecule has 1 aromatic rings. The zero-order valence-corrected chi connectivity index (χ0v) is 10.4. The molecule has 104 valence electrons. The number of aromatic hydroxyl groups is 1. The van der Waals surface area contributed by atoms with Crippen LogP contribution in [-0.2, 0) is 4.79 Å². The Labute approximate surface area is 113 Å². The topological polar surface area (TPSA) is 112 Å². The summed E-state index contributed by atoms with van der Waals surface area (Å²) in [5.74, 6) is -0.845. The molecule has 0 radical (unpaired) electrons. The van der Waals surface area contributed by atoms with Crippen molar-refractivity contribution in [2.75, 3.05) is 13.1 Å². The Balaban J connectivity index is 1.79. The third-order valence-electron chi connectivity index (χ3n) is 3.54. The summed E-state index contributed by atoms with van der Waals surface area (Å²) in [6, 6.07) is 0.775. The van der Waals surface area contributed by atoms with Gasteiger partial charge in [0, 0.05) is 12.7 Å². The first-order chi connectivity index (χ1) is 9.50. The molecule has 1 spiro atoms. The second kappa shape index (κ2) is 4.19. The van der Waals surface area contributed by atoms with E-state index in [1.165, 1.54) is 23.4 Å². The fourth-order valence-electron chi connectivity index (χ4n) is 2.53. The van der Waals surface area contributed by atoms with E-state index < -0.39 is 17.5 Å². The third-order valence-corrected chi connectivity index (χ3v) is 3.54. The average Bonchev–Trinajstić information content (AvgIpc) is 2.94. The summed E-state index contributed by atoms with van der Waals surface area (Å²) >= 11 is 0. The molecule has 2 fully saturated rings. The van der Waals surface area contributed by atoms with Gasteiger partial charge in [0.05, 0.1) is 18.3 Å². The van der Waals surface area contributed by atoms with E-state index in [4.69, 9.17) is 0 Å². The van der Waals surface area contributed by atoms with Crippen molar-refractivity contribution in [1.29, 1.82) is 0 Å². The number of carbonyl (C=O) groups excluding carboxylic acids is 3. The number of hydrogen-bond donors (Lipinski definition) is 3. The maximum atomic E-state index is 12.3. The average molecular weight is 276 g/mol. The first kappa shape index (κ1) is 12.4. The summed E-state index contributed by atoms with van der Waals surface area (Å²) in [5.41, 5.74) is -0.788. The van der Waals surface area contributed by atoms with Crippen LogP contribution in [0.3, 0.4) is 0 Å². The van der Waals surface area contributed by atoms with E-state index in [1.54, 1.807) is 0 Å². The van der Waals surface area contributed by atoms with E-state index in [1.807, 2.05) is 0 Å². The molecule has 8 heteroatoms. The number of nitrogens with zero attached hydrogens (tertiary/aromatic N) is 2. The lowest BCUT2D eigenvalue weighted by Gasteiger charge is -2.21. The number of amides is 4. The van der Waals surface area contributed by atoms with E-state index in [9.17, 15) is 19.5 Å². The van der Waals surface area contributed by atoms with Crippen LogP contribution in [0, 0.1) is 0 Å². The Hall–Kier alpha value is -2.64. The lowest BCUT2D eigenvalue weighted by atomic mass is 9.99. The summed E-state index contributed by atoms with van der Waals surface area (Å²) < 4.78 is 0. The number of hydrogen-bond acceptors (Lipinski definition) is 5. The lowest BCUT2D eigenvalue weighted by Crippen LogP contribution is -2.49. The smallest absolute Gasteiger partial charge is 0.322 e. The highest BCUT2D eigenvalue weighted by atomic mass is 16.3. The SMILES string of the molecule is O=C1NC(=O)C2(CCN(C(=O)c3cncc(O)c3)C2)N1. The van der Waals surface area contributed by atoms with Gasteiger partial charge >= 0.3 is 6.03 Å². The van der Waals surface area contributed by atoms with Gasteiger partial charge in [-0.15, -0.1) is 0 Å². The molecule has 2 aliphatic rings. The van der Waals surface area contributed by atoms with Crippen LogP contribution in [0.5, 0.6) is 5.75 Å². The molecule has 2 saturated heterocycles. The number of nitrogens with one attached hydrogen (secondary N) is 2. The van der Waals surface area contributed by atoms with E-state index >= 15 is 0 Å². The lowest BCUT2D eigenvalue weighted by molar-refractivity contribution is -0.123. The van der Waals surface area contributed by atoms with Gasteiger partial charge in [-0.1, -0.05) is 0 Å². The molecule has 0 aliphatic carbocycles. The number of rotatable bonds is 1. The molecular weight excluding hydrogens is 264 g/mol. The van der Waals surface area contributed by atoms with Crippen LogP contribution in [0.4, 0.5) is 4.79 Å². The highest BCUT2D eigenvalue weighted by Crippen LogP contribution is 2.26. The number of carbonyl (C=O) groups is 3. The van der Waals surface area contributed by atoms with Gasteiger partial charge in [-0.05, 0) is 12.5 Å². The van der Waals surface area contributed by atoms with Gasteiger partial charge in [0.15, 0.2) is 0 Å². The summed E-state index contributed by atoms with van der Waals surface area (Å²) in [6.45, 7) is 0.460. The van der Waals surface area contributed by atoms with Gasteiger partial charge in [-0.2, -0.15) is 0 Å². The molecule has 3 heterocycles. The Bertz CT molecular complexity index is 617. The Morgan fingerprint density at radius 2 is 2.20 bits per heavy atom. The molecule has 0 saturated carbocycles. The van der Waals surface area contributed by atoms with Gasteiger partial charge in [0.2, 0.25) is 0 Å². The first-order valence-corrected chi connectivity index (χ1v) is 6.07. The Morgan fingerprint density at radius 3 is 2.85 bits per heavy atom. The van der Waals surface area contributed by atoms with Crippen molar-refractivity contribution < 1.29 is 19.5 Å². The molecule has 3 rings (SSSR count). The van der Waals surface area contributed by atoms with Crippen LogP contribution in [0.25, 0.3) is 0 Å². The van der Waals surface area contributed by atoms with Gasteiger partial charge < -0.3 is 15.3 Å². The second-order valence-electron chi connectivity index (χ2n) is 4.90. The highest BCUT2D eigenvalue weighted by molar-refractivity contribution is 6.08. The molecule has 8 nitrogen and oxygen atoms in total. The van der Waals surface area contributed by atoms with Gasteiger partial charge in [-0.3, -0.25) is 19.9 Å². The molecular formula is C12H12N4O4. The Morgan fingerprint density at radius 1 is 1.40 bits per heavy atom. The van der Waals surface area contributed by atoms with Crippen LogP contribution in [-0.4, -0.2) is 51.5 Å². The monoisotopic (exact) mass is 276 g/mol. The van der Waals surface area contributed by atoms with Crippen LogP contribution < -0.4 is 10.6 Å². The molecule has 0 aromatic carbocycles. The van der Waals surface area contributed by atoms with Crippen molar-refractivity contribution in [3.05, 3.63) is 24.0 Å². The van der Waals surface area contributed by atoms with Gasteiger partial charge in [0.1, 0.15) is 11.3 Å². The summed E-state index contributed by atoms with van der Waals surface area (Å²) in [6.07, 6.45) is 2.94. The fraction of sp³-hybridized carbons (Fsp3) is 0.333. The summed E-state index contributed by atoms with van der Waals surface area (Å²) in [7, 11) is 0. The predicted octanol–water partition coefficient (Wildman–Crippen LogP) is -0.789. The van der Waals surface area contributed by atoms with E-state index in [0.717, 1.165) is 0 Å².